The first kappa shape index (κ1) is 17.1. The number of aromatic nitrogens is 1. The molecule has 0 bridgehead atoms. The Morgan fingerprint density at radius 2 is 1.64 bits per heavy atom. The fourth-order valence-electron chi connectivity index (χ4n) is 4.19. The third-order valence-corrected chi connectivity index (χ3v) is 5.83. The molecule has 3 nitrogen and oxygen atoms in total. The molecule has 1 aliphatic carbocycles. The minimum atomic E-state index is -0.0223. The average molecular weight is 387 g/mol. The van der Waals surface area contributed by atoms with Gasteiger partial charge in [0, 0.05) is 34.5 Å². The standard InChI is InChI=1S/C24H19ClN2O/c25-18-11-9-16(10-12-18)21-15-23(28)19-6-2-3-7-20(19)24(21)26-27-14-13-17-5-1-4-8-22(17)27/h1-14,21,24,26H,15H2/t21-,24+/m0/s1. The molecule has 0 aliphatic heterocycles. The number of ketones is 1. The number of benzene rings is 3. The van der Waals surface area contributed by atoms with Crippen molar-refractivity contribution < 1.29 is 4.79 Å². The van der Waals surface area contributed by atoms with E-state index >= 15 is 0 Å². The first-order valence-corrected chi connectivity index (χ1v) is 9.79. The van der Waals surface area contributed by atoms with Crippen LogP contribution in [0.5, 0.6) is 0 Å². The lowest BCUT2D eigenvalue weighted by Gasteiger charge is -2.35. The van der Waals surface area contributed by atoms with Gasteiger partial charge in [0.1, 0.15) is 0 Å². The maximum absolute atomic E-state index is 12.8. The Labute approximate surface area is 168 Å². The SMILES string of the molecule is O=C1C[C@@H](c2ccc(Cl)cc2)[C@H](Nn2ccc3ccccc32)c2ccccc21. The summed E-state index contributed by atoms with van der Waals surface area (Å²) >= 11 is 6.09. The number of rotatable bonds is 3. The molecule has 1 N–H and O–H groups in total. The van der Waals surface area contributed by atoms with Crippen molar-refractivity contribution in [3.05, 3.63) is 107 Å². The number of hydrogen-bond acceptors (Lipinski definition) is 2. The van der Waals surface area contributed by atoms with Crippen LogP contribution in [0.25, 0.3) is 10.9 Å². The molecular formula is C24H19ClN2O. The molecular weight excluding hydrogens is 368 g/mol. The molecule has 4 aromatic rings. The second-order valence-corrected chi connectivity index (χ2v) is 7.66. The first-order valence-electron chi connectivity index (χ1n) is 9.41. The van der Waals surface area contributed by atoms with Gasteiger partial charge in [-0.05, 0) is 35.4 Å². The number of hydrogen-bond donors (Lipinski definition) is 1. The second kappa shape index (κ2) is 6.84. The molecule has 1 aliphatic rings. The van der Waals surface area contributed by atoms with Crippen LogP contribution in [-0.4, -0.2) is 10.5 Å². The third-order valence-electron chi connectivity index (χ3n) is 5.58. The van der Waals surface area contributed by atoms with Crippen molar-refractivity contribution in [3.63, 3.8) is 0 Å². The molecule has 0 unspecified atom stereocenters. The van der Waals surface area contributed by atoms with Crippen LogP contribution in [0.1, 0.15) is 39.9 Å². The molecule has 0 amide bonds. The van der Waals surface area contributed by atoms with Crippen LogP contribution in [0, 0.1) is 0 Å². The normalized spacial score (nSPS) is 18.8. The highest BCUT2D eigenvalue weighted by Gasteiger charge is 2.35. The largest absolute Gasteiger partial charge is 0.318 e. The van der Waals surface area contributed by atoms with Crippen LogP contribution in [0.4, 0.5) is 0 Å². The average Bonchev–Trinajstić information content (AvgIpc) is 3.14. The first-order chi connectivity index (χ1) is 13.7. The summed E-state index contributed by atoms with van der Waals surface area (Å²) in [5.74, 6) is 0.215. The van der Waals surface area contributed by atoms with Crippen LogP contribution in [-0.2, 0) is 0 Å². The van der Waals surface area contributed by atoms with Crippen LogP contribution < -0.4 is 5.43 Å². The molecule has 2 atom stereocenters. The highest BCUT2D eigenvalue weighted by molar-refractivity contribution is 6.30. The van der Waals surface area contributed by atoms with E-state index in [0.717, 1.165) is 22.2 Å². The fourth-order valence-corrected chi connectivity index (χ4v) is 4.32. The Bertz CT molecular complexity index is 1160. The number of para-hydroxylation sites is 1. The Balaban J connectivity index is 1.62. The molecule has 5 rings (SSSR count). The van der Waals surface area contributed by atoms with Gasteiger partial charge >= 0.3 is 0 Å². The van der Waals surface area contributed by atoms with Crippen molar-refractivity contribution in [2.24, 2.45) is 0 Å². The van der Waals surface area contributed by atoms with Crippen LogP contribution in [0.3, 0.4) is 0 Å². The zero-order chi connectivity index (χ0) is 19.1. The molecule has 0 saturated heterocycles. The van der Waals surface area contributed by atoms with Crippen LogP contribution in [0.15, 0.2) is 85.1 Å². The second-order valence-electron chi connectivity index (χ2n) is 7.22. The highest BCUT2D eigenvalue weighted by atomic mass is 35.5. The van der Waals surface area contributed by atoms with Crippen molar-refractivity contribution in [3.8, 4) is 0 Å². The van der Waals surface area contributed by atoms with E-state index in [1.54, 1.807) is 0 Å². The summed E-state index contributed by atoms with van der Waals surface area (Å²) < 4.78 is 2.06. The van der Waals surface area contributed by atoms with Crippen molar-refractivity contribution in [1.82, 2.24) is 4.68 Å². The Hall–Kier alpha value is -3.04. The molecule has 4 heteroatoms. The lowest BCUT2D eigenvalue weighted by molar-refractivity contribution is 0.0958. The van der Waals surface area contributed by atoms with Gasteiger partial charge < -0.3 is 5.43 Å². The summed E-state index contributed by atoms with van der Waals surface area (Å²) in [5, 5.41) is 1.88. The fraction of sp³-hybridized carbons (Fsp3) is 0.125. The lowest BCUT2D eigenvalue weighted by atomic mass is 9.76. The van der Waals surface area contributed by atoms with Gasteiger partial charge in [-0.25, -0.2) is 0 Å². The lowest BCUT2D eigenvalue weighted by Crippen LogP contribution is -2.32. The molecule has 1 aromatic heterocycles. The molecule has 0 radical (unpaired) electrons. The zero-order valence-corrected chi connectivity index (χ0v) is 15.9. The minimum Gasteiger partial charge on any atom is -0.318 e. The van der Waals surface area contributed by atoms with E-state index in [2.05, 4.69) is 34.4 Å². The molecule has 3 aromatic carbocycles. The smallest absolute Gasteiger partial charge is 0.163 e. The summed E-state index contributed by atoms with van der Waals surface area (Å²) in [6, 6.07) is 26.1. The van der Waals surface area contributed by atoms with Gasteiger partial charge in [0.25, 0.3) is 0 Å². The molecule has 1 heterocycles. The summed E-state index contributed by atoms with van der Waals surface area (Å²) in [6.07, 6.45) is 2.51. The molecule has 138 valence electrons. The number of halogens is 1. The van der Waals surface area contributed by atoms with E-state index in [9.17, 15) is 4.79 Å². The zero-order valence-electron chi connectivity index (χ0n) is 15.2. The summed E-state index contributed by atoms with van der Waals surface area (Å²) in [5.41, 5.74) is 7.75. The molecule has 28 heavy (non-hydrogen) atoms. The molecule has 0 spiro atoms. The molecule has 0 saturated carbocycles. The Kier molecular flexibility index (Phi) is 4.18. The topological polar surface area (TPSA) is 34.0 Å². The number of carbonyl (C=O) groups is 1. The summed E-state index contributed by atoms with van der Waals surface area (Å²) in [6.45, 7) is 0. The van der Waals surface area contributed by atoms with E-state index in [4.69, 9.17) is 11.6 Å². The van der Waals surface area contributed by atoms with Gasteiger partial charge in [0.2, 0.25) is 0 Å². The quantitative estimate of drug-likeness (QED) is 0.472. The van der Waals surface area contributed by atoms with E-state index in [1.807, 2.05) is 60.8 Å². The maximum atomic E-state index is 12.8. The summed E-state index contributed by atoms with van der Waals surface area (Å²) in [7, 11) is 0. The Morgan fingerprint density at radius 1 is 0.893 bits per heavy atom. The monoisotopic (exact) mass is 386 g/mol. The van der Waals surface area contributed by atoms with E-state index in [-0.39, 0.29) is 17.7 Å². The van der Waals surface area contributed by atoms with Gasteiger partial charge in [-0.1, -0.05) is 66.2 Å². The molecule has 0 fully saturated rings. The van der Waals surface area contributed by atoms with Gasteiger partial charge in [0.15, 0.2) is 5.78 Å². The number of Topliss-reactive ketones (excluding diaryl/α,β-unsaturated/α-hetero) is 1. The van der Waals surface area contributed by atoms with Gasteiger partial charge in [-0.3, -0.25) is 9.47 Å². The predicted molar refractivity (Wildman–Crippen MR) is 114 cm³/mol. The number of fused-ring (bicyclic) bond motifs is 2. The number of nitrogens with zero attached hydrogens (tertiary/aromatic N) is 1. The predicted octanol–water partition coefficient (Wildman–Crippen LogP) is 5.95. The van der Waals surface area contributed by atoms with Gasteiger partial charge in [-0.2, -0.15) is 0 Å². The number of carbonyl (C=O) groups excluding carboxylic acids is 1. The van der Waals surface area contributed by atoms with Crippen molar-refractivity contribution >= 4 is 28.3 Å². The van der Waals surface area contributed by atoms with Gasteiger partial charge in [0.05, 0.1) is 11.6 Å². The van der Waals surface area contributed by atoms with E-state index in [0.29, 0.717) is 11.4 Å². The van der Waals surface area contributed by atoms with E-state index in [1.165, 1.54) is 5.39 Å². The minimum absolute atomic E-state index is 0.0223. The third kappa shape index (κ3) is 2.88. The van der Waals surface area contributed by atoms with Crippen LogP contribution >= 0.6 is 11.6 Å². The van der Waals surface area contributed by atoms with Crippen LogP contribution in [0.2, 0.25) is 5.02 Å². The van der Waals surface area contributed by atoms with Crippen molar-refractivity contribution in [2.45, 2.75) is 18.4 Å². The summed E-state index contributed by atoms with van der Waals surface area (Å²) in [4.78, 5) is 12.8. The van der Waals surface area contributed by atoms with Crippen molar-refractivity contribution in [2.75, 3.05) is 5.43 Å². The van der Waals surface area contributed by atoms with Gasteiger partial charge in [-0.15, -0.1) is 0 Å². The van der Waals surface area contributed by atoms with Crippen molar-refractivity contribution in [1.29, 1.82) is 0 Å². The maximum Gasteiger partial charge on any atom is 0.163 e. The van der Waals surface area contributed by atoms with E-state index < -0.39 is 0 Å². The number of nitrogens with one attached hydrogen (secondary N) is 1. The Morgan fingerprint density at radius 3 is 2.50 bits per heavy atom. The highest BCUT2D eigenvalue weighted by Crippen LogP contribution is 2.42.